The lowest BCUT2D eigenvalue weighted by atomic mass is 9.95. The van der Waals surface area contributed by atoms with E-state index in [0.29, 0.717) is 29.1 Å². The van der Waals surface area contributed by atoms with Gasteiger partial charge in [0.1, 0.15) is 0 Å². The fourth-order valence-electron chi connectivity index (χ4n) is 3.95. The molecule has 25 heavy (non-hydrogen) atoms. The quantitative estimate of drug-likeness (QED) is 0.521. The summed E-state index contributed by atoms with van der Waals surface area (Å²) >= 11 is 0. The molecule has 2 saturated carbocycles. The zero-order valence-electron chi connectivity index (χ0n) is 14.2. The molecule has 0 spiro atoms. The maximum absolute atomic E-state index is 12.5. The van der Waals surface area contributed by atoms with Gasteiger partial charge in [0.2, 0.25) is 10.0 Å². The second-order valence-electron chi connectivity index (χ2n) is 7.09. The number of hydrogen-bond donors (Lipinski definition) is 2. The van der Waals surface area contributed by atoms with Crippen LogP contribution in [0.25, 0.3) is 0 Å². The number of carbonyl (C=O) groups is 1. The van der Waals surface area contributed by atoms with E-state index in [9.17, 15) is 13.2 Å². The Morgan fingerprint density at radius 1 is 1.20 bits per heavy atom. The second kappa shape index (κ2) is 7.70. The average Bonchev–Trinajstić information content (AvgIpc) is 3.25. The summed E-state index contributed by atoms with van der Waals surface area (Å²) in [5.74, 6) is 0.876. The lowest BCUT2D eigenvalue weighted by molar-refractivity contribution is -0.137. The SMILES string of the molecule is O=C(O)CCCC=CC[C@H]1[C@H]2C[C@H]2C[C@H]1NS(=O)(=O)c1ccccc1. The predicted octanol–water partition coefficient (Wildman–Crippen LogP) is 3.19. The molecular formula is C19H25NO4S. The molecule has 0 aliphatic heterocycles. The zero-order valence-corrected chi connectivity index (χ0v) is 15.0. The van der Waals surface area contributed by atoms with Gasteiger partial charge in [-0.15, -0.1) is 0 Å². The molecule has 1 aromatic carbocycles. The van der Waals surface area contributed by atoms with Crippen LogP contribution in [0.3, 0.4) is 0 Å². The highest BCUT2D eigenvalue weighted by molar-refractivity contribution is 7.89. The molecule has 0 amide bonds. The Labute approximate surface area is 149 Å². The standard InChI is InChI=1S/C19H25NO4S/c21-19(22)11-7-2-1-6-10-16-17-12-14(17)13-18(16)20-25(23,24)15-8-4-3-5-9-15/h1,3-6,8-9,14,16-18,20H,2,7,10-13H2,(H,21,22)/t14-,16-,17-,18+/m0/s1. The van der Waals surface area contributed by atoms with Crippen molar-refractivity contribution in [1.29, 1.82) is 0 Å². The highest BCUT2D eigenvalue weighted by atomic mass is 32.2. The van der Waals surface area contributed by atoms with Crippen molar-refractivity contribution >= 4 is 16.0 Å². The molecule has 0 aromatic heterocycles. The van der Waals surface area contributed by atoms with Gasteiger partial charge in [-0.25, -0.2) is 13.1 Å². The zero-order chi connectivity index (χ0) is 17.9. The van der Waals surface area contributed by atoms with Crippen LogP contribution in [0.15, 0.2) is 47.4 Å². The normalized spacial score (nSPS) is 28.2. The van der Waals surface area contributed by atoms with E-state index in [1.807, 2.05) is 12.1 Å². The molecule has 0 heterocycles. The van der Waals surface area contributed by atoms with Gasteiger partial charge in [0.15, 0.2) is 0 Å². The minimum absolute atomic E-state index is 0.00220. The molecule has 0 radical (unpaired) electrons. The van der Waals surface area contributed by atoms with Crippen LogP contribution in [-0.4, -0.2) is 25.5 Å². The van der Waals surface area contributed by atoms with Crippen LogP contribution in [0, 0.1) is 17.8 Å². The summed E-state index contributed by atoms with van der Waals surface area (Å²) in [5.41, 5.74) is 0. The van der Waals surface area contributed by atoms with E-state index in [2.05, 4.69) is 10.8 Å². The smallest absolute Gasteiger partial charge is 0.303 e. The van der Waals surface area contributed by atoms with E-state index in [0.717, 1.165) is 19.3 Å². The maximum atomic E-state index is 12.5. The summed E-state index contributed by atoms with van der Waals surface area (Å²) in [6.45, 7) is 0. The maximum Gasteiger partial charge on any atom is 0.303 e. The number of nitrogens with one attached hydrogen (secondary N) is 1. The molecule has 5 nitrogen and oxygen atoms in total. The van der Waals surface area contributed by atoms with Gasteiger partial charge in [-0.2, -0.15) is 0 Å². The number of hydrogen-bond acceptors (Lipinski definition) is 3. The van der Waals surface area contributed by atoms with Crippen molar-refractivity contribution in [3.63, 3.8) is 0 Å². The van der Waals surface area contributed by atoms with Crippen LogP contribution in [0.1, 0.15) is 38.5 Å². The first-order valence-corrected chi connectivity index (χ1v) is 10.4. The van der Waals surface area contributed by atoms with Gasteiger partial charge in [0, 0.05) is 12.5 Å². The number of unbranched alkanes of at least 4 members (excludes halogenated alkanes) is 1. The van der Waals surface area contributed by atoms with Crippen molar-refractivity contribution in [3.8, 4) is 0 Å². The van der Waals surface area contributed by atoms with E-state index in [-0.39, 0.29) is 12.5 Å². The van der Waals surface area contributed by atoms with Gasteiger partial charge in [0.25, 0.3) is 0 Å². The number of carboxylic acid groups (broad SMARTS) is 1. The molecule has 1 aromatic rings. The number of fused-ring (bicyclic) bond motifs is 1. The van der Waals surface area contributed by atoms with Gasteiger partial charge < -0.3 is 5.11 Å². The van der Waals surface area contributed by atoms with E-state index < -0.39 is 16.0 Å². The van der Waals surface area contributed by atoms with E-state index in [1.54, 1.807) is 24.3 Å². The van der Waals surface area contributed by atoms with Crippen LogP contribution in [0.2, 0.25) is 0 Å². The fraction of sp³-hybridized carbons (Fsp3) is 0.526. The lowest BCUT2D eigenvalue weighted by Gasteiger charge is -2.22. The fourth-order valence-corrected chi connectivity index (χ4v) is 5.27. The molecule has 2 aliphatic carbocycles. The molecule has 2 aliphatic rings. The molecule has 2 N–H and O–H groups in total. The number of rotatable bonds is 9. The molecule has 136 valence electrons. The minimum Gasteiger partial charge on any atom is -0.481 e. The monoisotopic (exact) mass is 363 g/mol. The number of aliphatic carboxylic acids is 1. The molecule has 6 heteroatoms. The largest absolute Gasteiger partial charge is 0.481 e. The van der Waals surface area contributed by atoms with Gasteiger partial charge >= 0.3 is 5.97 Å². The Bertz CT molecular complexity index is 729. The molecule has 2 fully saturated rings. The summed E-state index contributed by atoms with van der Waals surface area (Å²) in [7, 11) is -3.47. The topological polar surface area (TPSA) is 83.5 Å². The first-order valence-electron chi connectivity index (χ1n) is 8.91. The summed E-state index contributed by atoms with van der Waals surface area (Å²) in [6, 6.07) is 8.51. The summed E-state index contributed by atoms with van der Waals surface area (Å²) < 4.78 is 28.0. The Morgan fingerprint density at radius 3 is 2.68 bits per heavy atom. The van der Waals surface area contributed by atoms with Crippen molar-refractivity contribution < 1.29 is 18.3 Å². The van der Waals surface area contributed by atoms with Crippen molar-refractivity contribution in [2.75, 3.05) is 0 Å². The van der Waals surface area contributed by atoms with Gasteiger partial charge in [-0.1, -0.05) is 30.4 Å². The van der Waals surface area contributed by atoms with E-state index in [4.69, 9.17) is 5.11 Å². The van der Waals surface area contributed by atoms with Crippen molar-refractivity contribution in [1.82, 2.24) is 4.72 Å². The molecule has 3 rings (SSSR count). The second-order valence-corrected chi connectivity index (χ2v) is 8.81. The van der Waals surface area contributed by atoms with Gasteiger partial charge in [0.05, 0.1) is 4.90 Å². The molecular weight excluding hydrogens is 338 g/mol. The summed E-state index contributed by atoms with van der Waals surface area (Å²) in [5, 5.41) is 8.63. The van der Waals surface area contributed by atoms with Crippen molar-refractivity contribution in [2.24, 2.45) is 17.8 Å². The van der Waals surface area contributed by atoms with Crippen LogP contribution in [-0.2, 0) is 14.8 Å². The highest BCUT2D eigenvalue weighted by Gasteiger charge is 2.53. The summed E-state index contributed by atoms with van der Waals surface area (Å²) in [4.78, 5) is 10.8. The average molecular weight is 363 g/mol. The Hall–Kier alpha value is -1.66. The molecule has 0 bridgehead atoms. The predicted molar refractivity (Wildman–Crippen MR) is 95.5 cm³/mol. The third-order valence-electron chi connectivity index (χ3n) is 5.30. The van der Waals surface area contributed by atoms with Crippen molar-refractivity contribution in [2.45, 2.75) is 49.5 Å². The van der Waals surface area contributed by atoms with Gasteiger partial charge in [-0.05, 0) is 62.0 Å². The third-order valence-corrected chi connectivity index (χ3v) is 6.80. The Morgan fingerprint density at radius 2 is 1.96 bits per heavy atom. The van der Waals surface area contributed by atoms with Crippen molar-refractivity contribution in [3.05, 3.63) is 42.5 Å². The Balaban J connectivity index is 1.55. The number of benzene rings is 1. The van der Waals surface area contributed by atoms with Crippen LogP contribution < -0.4 is 4.72 Å². The molecule has 4 atom stereocenters. The van der Waals surface area contributed by atoms with E-state index >= 15 is 0 Å². The molecule has 0 saturated heterocycles. The van der Waals surface area contributed by atoms with Gasteiger partial charge in [-0.3, -0.25) is 4.79 Å². The van der Waals surface area contributed by atoms with Crippen LogP contribution >= 0.6 is 0 Å². The number of carboxylic acids is 1. The van der Waals surface area contributed by atoms with Crippen LogP contribution in [0.5, 0.6) is 0 Å². The Kier molecular flexibility index (Phi) is 5.59. The summed E-state index contributed by atoms with van der Waals surface area (Å²) in [6.07, 6.45) is 8.71. The van der Waals surface area contributed by atoms with Crippen LogP contribution in [0.4, 0.5) is 0 Å². The third kappa shape index (κ3) is 4.70. The number of sulfonamides is 1. The lowest BCUT2D eigenvalue weighted by Crippen LogP contribution is -2.38. The number of allylic oxidation sites excluding steroid dienone is 2. The molecule has 0 unspecified atom stereocenters. The van der Waals surface area contributed by atoms with E-state index in [1.165, 1.54) is 6.42 Å². The first kappa shape index (κ1) is 18.1. The first-order chi connectivity index (χ1) is 12.0. The minimum atomic E-state index is -3.47. The highest BCUT2D eigenvalue weighted by Crippen LogP contribution is 2.56.